The largest absolute Gasteiger partial charge is 0.496 e. The first-order chi connectivity index (χ1) is 12.2. The number of ether oxygens (including phenoxy) is 1. The molecule has 0 spiro atoms. The molecular weight excluding hydrogens is 316 g/mol. The van der Waals surface area contributed by atoms with Crippen LogP contribution in [0.4, 0.5) is 17.2 Å². The summed E-state index contributed by atoms with van der Waals surface area (Å²) in [6.45, 7) is 1.88. The molecule has 3 rings (SSSR count). The van der Waals surface area contributed by atoms with E-state index in [0.717, 1.165) is 11.4 Å². The second kappa shape index (κ2) is 7.44. The highest BCUT2D eigenvalue weighted by Crippen LogP contribution is 2.21. The monoisotopic (exact) mass is 334 g/mol. The number of rotatable bonds is 5. The van der Waals surface area contributed by atoms with Gasteiger partial charge in [0.25, 0.3) is 5.91 Å². The van der Waals surface area contributed by atoms with Crippen LogP contribution < -0.4 is 15.4 Å². The topological polar surface area (TPSA) is 76.1 Å². The summed E-state index contributed by atoms with van der Waals surface area (Å²) in [6.07, 6.45) is 0. The summed E-state index contributed by atoms with van der Waals surface area (Å²) in [6, 6.07) is 18.2. The van der Waals surface area contributed by atoms with Crippen molar-refractivity contribution in [1.82, 2.24) is 10.2 Å². The number of hydrogen-bond acceptors (Lipinski definition) is 5. The molecule has 1 heterocycles. The van der Waals surface area contributed by atoms with E-state index in [4.69, 9.17) is 4.74 Å². The van der Waals surface area contributed by atoms with E-state index in [-0.39, 0.29) is 5.91 Å². The summed E-state index contributed by atoms with van der Waals surface area (Å²) in [5, 5.41) is 14.1. The third-order valence-electron chi connectivity index (χ3n) is 3.56. The molecule has 0 saturated heterocycles. The summed E-state index contributed by atoms with van der Waals surface area (Å²) < 4.78 is 5.21. The molecule has 3 aromatic rings. The predicted octanol–water partition coefficient (Wildman–Crippen LogP) is 3.79. The number of methoxy groups -OCH3 is 1. The molecule has 1 amide bonds. The van der Waals surface area contributed by atoms with E-state index in [1.807, 2.05) is 49.4 Å². The number of anilines is 3. The van der Waals surface area contributed by atoms with Gasteiger partial charge >= 0.3 is 0 Å². The van der Waals surface area contributed by atoms with Crippen LogP contribution in [-0.2, 0) is 0 Å². The zero-order valence-electron chi connectivity index (χ0n) is 14.0. The van der Waals surface area contributed by atoms with Gasteiger partial charge in [-0.2, -0.15) is 5.10 Å². The Hall–Kier alpha value is -3.41. The molecule has 2 aromatic carbocycles. The minimum Gasteiger partial charge on any atom is -0.496 e. The van der Waals surface area contributed by atoms with Gasteiger partial charge in [0.05, 0.1) is 18.4 Å². The summed E-state index contributed by atoms with van der Waals surface area (Å²) >= 11 is 0. The highest BCUT2D eigenvalue weighted by atomic mass is 16.5. The maximum Gasteiger partial charge on any atom is 0.259 e. The number of nitrogens with one attached hydrogen (secondary N) is 2. The SMILES string of the molecule is COc1ccccc1C(=O)Nc1ccc(Nc2ccc(C)nn2)cc1. The van der Waals surface area contributed by atoms with E-state index in [9.17, 15) is 4.79 Å². The Morgan fingerprint density at radius 3 is 2.32 bits per heavy atom. The highest BCUT2D eigenvalue weighted by molar-refractivity contribution is 6.06. The average Bonchev–Trinajstić information content (AvgIpc) is 2.65. The number of amides is 1. The molecule has 2 N–H and O–H groups in total. The van der Waals surface area contributed by atoms with Gasteiger partial charge in [0.2, 0.25) is 0 Å². The van der Waals surface area contributed by atoms with Crippen molar-refractivity contribution in [3.05, 3.63) is 71.9 Å². The van der Waals surface area contributed by atoms with E-state index in [0.29, 0.717) is 22.8 Å². The summed E-state index contributed by atoms with van der Waals surface area (Å²) in [5.41, 5.74) is 2.90. The number of aromatic nitrogens is 2. The van der Waals surface area contributed by atoms with Crippen LogP contribution in [0.15, 0.2) is 60.7 Å². The minimum atomic E-state index is -0.220. The average molecular weight is 334 g/mol. The zero-order chi connectivity index (χ0) is 17.6. The Morgan fingerprint density at radius 1 is 0.920 bits per heavy atom. The Morgan fingerprint density at radius 2 is 1.64 bits per heavy atom. The van der Waals surface area contributed by atoms with E-state index in [1.54, 1.807) is 25.3 Å². The van der Waals surface area contributed by atoms with E-state index < -0.39 is 0 Å². The van der Waals surface area contributed by atoms with Gasteiger partial charge in [0, 0.05) is 11.4 Å². The Labute approximate surface area is 145 Å². The molecule has 1 aromatic heterocycles. The lowest BCUT2D eigenvalue weighted by molar-refractivity contribution is 0.102. The second-order valence-corrected chi connectivity index (χ2v) is 5.42. The Balaban J connectivity index is 1.68. The lowest BCUT2D eigenvalue weighted by Gasteiger charge is -2.10. The smallest absolute Gasteiger partial charge is 0.259 e. The van der Waals surface area contributed by atoms with Crippen molar-refractivity contribution in [2.45, 2.75) is 6.92 Å². The van der Waals surface area contributed by atoms with Gasteiger partial charge in [0.15, 0.2) is 5.82 Å². The van der Waals surface area contributed by atoms with Crippen molar-refractivity contribution < 1.29 is 9.53 Å². The fraction of sp³-hybridized carbons (Fsp3) is 0.105. The first-order valence-electron chi connectivity index (χ1n) is 7.77. The van der Waals surface area contributed by atoms with Crippen molar-refractivity contribution >= 4 is 23.1 Å². The van der Waals surface area contributed by atoms with Gasteiger partial charge in [-0.3, -0.25) is 4.79 Å². The van der Waals surface area contributed by atoms with Gasteiger partial charge < -0.3 is 15.4 Å². The van der Waals surface area contributed by atoms with Gasteiger partial charge in [-0.1, -0.05) is 12.1 Å². The zero-order valence-corrected chi connectivity index (χ0v) is 14.0. The van der Waals surface area contributed by atoms with Crippen LogP contribution in [0.25, 0.3) is 0 Å². The molecule has 0 bridgehead atoms. The van der Waals surface area contributed by atoms with Crippen LogP contribution in [0.5, 0.6) is 5.75 Å². The molecule has 25 heavy (non-hydrogen) atoms. The van der Waals surface area contributed by atoms with Crippen molar-refractivity contribution in [3.8, 4) is 5.75 Å². The standard InChI is InChI=1S/C19H18N4O2/c1-13-7-12-18(23-22-13)20-14-8-10-15(11-9-14)21-19(24)16-5-3-4-6-17(16)25-2/h3-12H,1-2H3,(H,20,23)(H,21,24). The predicted molar refractivity (Wildman–Crippen MR) is 97.4 cm³/mol. The number of nitrogens with zero attached hydrogens (tertiary/aromatic N) is 2. The van der Waals surface area contributed by atoms with Crippen LogP contribution >= 0.6 is 0 Å². The highest BCUT2D eigenvalue weighted by Gasteiger charge is 2.11. The number of para-hydroxylation sites is 1. The molecule has 0 aliphatic carbocycles. The van der Waals surface area contributed by atoms with Gasteiger partial charge in [-0.15, -0.1) is 5.10 Å². The summed E-state index contributed by atoms with van der Waals surface area (Å²) in [7, 11) is 1.54. The molecule has 0 aliphatic rings. The van der Waals surface area contributed by atoms with Crippen molar-refractivity contribution in [1.29, 1.82) is 0 Å². The van der Waals surface area contributed by atoms with Gasteiger partial charge in [-0.25, -0.2) is 0 Å². The van der Waals surface area contributed by atoms with E-state index in [2.05, 4.69) is 20.8 Å². The van der Waals surface area contributed by atoms with Crippen LogP contribution in [0.1, 0.15) is 16.1 Å². The first-order valence-corrected chi connectivity index (χ1v) is 7.77. The number of benzene rings is 2. The Kier molecular flexibility index (Phi) is 4.89. The third kappa shape index (κ3) is 4.11. The first kappa shape index (κ1) is 16.4. The third-order valence-corrected chi connectivity index (χ3v) is 3.56. The maximum absolute atomic E-state index is 12.4. The summed E-state index contributed by atoms with van der Waals surface area (Å²) in [5.74, 6) is 0.982. The number of aryl methyl sites for hydroxylation is 1. The molecule has 0 saturated carbocycles. The number of hydrogen-bond donors (Lipinski definition) is 2. The van der Waals surface area contributed by atoms with E-state index >= 15 is 0 Å². The van der Waals surface area contributed by atoms with Crippen LogP contribution in [0.2, 0.25) is 0 Å². The van der Waals surface area contributed by atoms with Crippen molar-refractivity contribution in [2.24, 2.45) is 0 Å². The van der Waals surface area contributed by atoms with Gasteiger partial charge in [-0.05, 0) is 55.5 Å². The number of carbonyl (C=O) groups excluding carboxylic acids is 1. The molecule has 0 unspecified atom stereocenters. The maximum atomic E-state index is 12.4. The Bertz CT molecular complexity index is 861. The van der Waals surface area contributed by atoms with Crippen molar-refractivity contribution in [2.75, 3.05) is 17.7 Å². The lowest BCUT2D eigenvalue weighted by atomic mass is 10.2. The summed E-state index contributed by atoms with van der Waals surface area (Å²) in [4.78, 5) is 12.4. The van der Waals surface area contributed by atoms with Crippen LogP contribution in [0, 0.1) is 6.92 Å². The fourth-order valence-corrected chi connectivity index (χ4v) is 2.28. The normalized spacial score (nSPS) is 10.2. The minimum absolute atomic E-state index is 0.220. The van der Waals surface area contributed by atoms with Crippen molar-refractivity contribution in [3.63, 3.8) is 0 Å². The lowest BCUT2D eigenvalue weighted by Crippen LogP contribution is -2.13. The molecule has 6 heteroatoms. The van der Waals surface area contributed by atoms with Gasteiger partial charge in [0.1, 0.15) is 5.75 Å². The quantitative estimate of drug-likeness (QED) is 0.742. The molecule has 6 nitrogen and oxygen atoms in total. The molecule has 126 valence electrons. The molecule has 0 radical (unpaired) electrons. The molecule has 0 aliphatic heterocycles. The van der Waals surface area contributed by atoms with Crippen LogP contribution in [0.3, 0.4) is 0 Å². The molecule has 0 fully saturated rings. The van der Waals surface area contributed by atoms with Crippen LogP contribution in [-0.4, -0.2) is 23.2 Å². The second-order valence-electron chi connectivity index (χ2n) is 5.42. The fourth-order valence-electron chi connectivity index (χ4n) is 2.28. The number of carbonyl (C=O) groups is 1. The molecular formula is C19H18N4O2. The molecule has 0 atom stereocenters. The van der Waals surface area contributed by atoms with E-state index in [1.165, 1.54) is 0 Å².